The lowest BCUT2D eigenvalue weighted by Gasteiger charge is -2.45. The molecule has 6 heteroatoms. The molecule has 0 amide bonds. The van der Waals surface area contributed by atoms with Gasteiger partial charge in [0, 0.05) is 39.0 Å². The summed E-state index contributed by atoms with van der Waals surface area (Å²) in [6.45, 7) is 1.55. The molecular formula is C19H16Cl3NOS. The lowest BCUT2D eigenvalue weighted by atomic mass is 9.88. The summed E-state index contributed by atoms with van der Waals surface area (Å²) in [5, 5.41) is 1.26. The molecule has 2 heterocycles. The smallest absolute Gasteiger partial charge is 0.170 e. The molecule has 1 saturated heterocycles. The van der Waals surface area contributed by atoms with Crippen LogP contribution in [0.2, 0.25) is 10.0 Å². The van der Waals surface area contributed by atoms with Crippen molar-refractivity contribution in [3.8, 4) is 0 Å². The van der Waals surface area contributed by atoms with Gasteiger partial charge in [0.1, 0.15) is 0 Å². The van der Waals surface area contributed by atoms with E-state index in [1.165, 1.54) is 0 Å². The third-order valence-corrected chi connectivity index (χ3v) is 7.36. The molecule has 2 nitrogen and oxygen atoms in total. The highest BCUT2D eigenvalue weighted by atomic mass is 35.5. The lowest BCUT2D eigenvalue weighted by molar-refractivity contribution is 0.0766. The summed E-state index contributed by atoms with van der Waals surface area (Å²) in [5.74, 6) is -0.0872. The number of benzene rings is 2. The van der Waals surface area contributed by atoms with Crippen molar-refractivity contribution in [2.75, 3.05) is 6.54 Å². The Bertz CT molecular complexity index is 828. The number of nitrogens with zero attached hydrogens (tertiary/aromatic N) is 1. The average Bonchev–Trinajstić information content (AvgIpc) is 2.59. The highest BCUT2D eigenvalue weighted by Gasteiger charge is 2.46. The molecule has 0 spiro atoms. The zero-order valence-electron chi connectivity index (χ0n) is 13.3. The lowest BCUT2D eigenvalue weighted by Crippen LogP contribution is -2.52. The highest BCUT2D eigenvalue weighted by Crippen LogP contribution is 2.46. The monoisotopic (exact) mass is 411 g/mol. The zero-order chi connectivity index (χ0) is 17.6. The third-order valence-electron chi connectivity index (χ3n) is 4.84. The minimum absolute atomic E-state index is 0.00555. The minimum Gasteiger partial charge on any atom is -0.294 e. The number of fused-ring (bicyclic) bond motifs is 2. The molecule has 130 valence electrons. The van der Waals surface area contributed by atoms with Crippen LogP contribution in [0, 0.1) is 5.92 Å². The molecule has 3 atom stereocenters. The number of alkyl halides is 1. The summed E-state index contributed by atoms with van der Waals surface area (Å²) in [7, 11) is 0. The normalized spacial score (nSPS) is 26.2. The first kappa shape index (κ1) is 17.7. The Kier molecular flexibility index (Phi) is 5.04. The number of halogens is 3. The van der Waals surface area contributed by atoms with Crippen LogP contribution in [0.15, 0.2) is 47.4 Å². The van der Waals surface area contributed by atoms with Gasteiger partial charge >= 0.3 is 0 Å². The predicted octanol–water partition coefficient (Wildman–Crippen LogP) is 5.74. The van der Waals surface area contributed by atoms with Gasteiger partial charge in [-0.25, -0.2) is 0 Å². The van der Waals surface area contributed by atoms with Crippen molar-refractivity contribution in [1.29, 1.82) is 0 Å². The van der Waals surface area contributed by atoms with Crippen LogP contribution in [0.1, 0.15) is 22.3 Å². The van der Waals surface area contributed by atoms with Crippen molar-refractivity contribution in [2.45, 2.75) is 28.6 Å². The second kappa shape index (κ2) is 7.13. The van der Waals surface area contributed by atoms with Crippen LogP contribution in [0.4, 0.5) is 0 Å². The fraction of sp³-hybridized carbons (Fsp3) is 0.316. The van der Waals surface area contributed by atoms with E-state index in [9.17, 15) is 4.79 Å². The molecule has 25 heavy (non-hydrogen) atoms. The molecule has 2 aromatic rings. The van der Waals surface area contributed by atoms with E-state index in [-0.39, 0.29) is 22.5 Å². The van der Waals surface area contributed by atoms with Crippen molar-refractivity contribution in [3.63, 3.8) is 0 Å². The van der Waals surface area contributed by atoms with E-state index < -0.39 is 0 Å². The van der Waals surface area contributed by atoms with Gasteiger partial charge in [0.15, 0.2) is 5.78 Å². The van der Waals surface area contributed by atoms with Crippen LogP contribution in [-0.4, -0.2) is 28.0 Å². The van der Waals surface area contributed by atoms with E-state index in [2.05, 4.69) is 4.90 Å². The Labute approximate surface area is 166 Å². The molecule has 2 aliphatic heterocycles. The quantitative estimate of drug-likeness (QED) is 0.587. The van der Waals surface area contributed by atoms with Gasteiger partial charge in [-0.15, -0.1) is 23.4 Å². The number of carbonyl (C=O) groups is 1. The van der Waals surface area contributed by atoms with Crippen LogP contribution in [0.25, 0.3) is 0 Å². The molecule has 2 aliphatic rings. The van der Waals surface area contributed by atoms with Crippen molar-refractivity contribution in [2.24, 2.45) is 5.92 Å². The van der Waals surface area contributed by atoms with E-state index in [0.717, 1.165) is 34.0 Å². The molecule has 0 radical (unpaired) electrons. The Morgan fingerprint density at radius 2 is 1.96 bits per heavy atom. The summed E-state index contributed by atoms with van der Waals surface area (Å²) >= 11 is 20.7. The van der Waals surface area contributed by atoms with Gasteiger partial charge in [0.2, 0.25) is 0 Å². The van der Waals surface area contributed by atoms with Gasteiger partial charge in [-0.3, -0.25) is 9.69 Å². The highest BCUT2D eigenvalue weighted by molar-refractivity contribution is 8.00. The molecule has 3 unspecified atom stereocenters. The number of Topliss-reactive ketones (excluding diaryl/α,β-unsaturated/α-hetero) is 1. The van der Waals surface area contributed by atoms with E-state index >= 15 is 0 Å². The van der Waals surface area contributed by atoms with E-state index in [1.807, 2.05) is 36.4 Å². The van der Waals surface area contributed by atoms with Crippen LogP contribution >= 0.6 is 46.6 Å². The molecule has 2 aromatic carbocycles. The molecule has 0 aliphatic carbocycles. The Morgan fingerprint density at radius 1 is 1.16 bits per heavy atom. The molecule has 4 rings (SSSR count). The Morgan fingerprint density at radius 3 is 2.76 bits per heavy atom. The Hall–Kier alpha value is -0.710. The largest absolute Gasteiger partial charge is 0.294 e. The van der Waals surface area contributed by atoms with Crippen molar-refractivity contribution < 1.29 is 4.79 Å². The van der Waals surface area contributed by atoms with Gasteiger partial charge in [-0.05, 0) is 36.2 Å². The summed E-state index contributed by atoms with van der Waals surface area (Å²) in [6, 6.07) is 13.3. The number of piperidine rings is 1. The number of carbonyl (C=O) groups excluding carboxylic acids is 1. The topological polar surface area (TPSA) is 20.3 Å². The number of ketones is 1. The van der Waals surface area contributed by atoms with Gasteiger partial charge < -0.3 is 0 Å². The predicted molar refractivity (Wildman–Crippen MR) is 105 cm³/mol. The molecule has 0 bridgehead atoms. The number of hydrogen-bond acceptors (Lipinski definition) is 3. The number of hydrogen-bond donors (Lipinski definition) is 0. The van der Waals surface area contributed by atoms with E-state index in [0.29, 0.717) is 11.6 Å². The van der Waals surface area contributed by atoms with E-state index in [1.54, 1.807) is 17.8 Å². The summed E-state index contributed by atoms with van der Waals surface area (Å²) in [4.78, 5) is 16.3. The standard InChI is InChI=1S/C19H16Cl3NOS/c20-12-5-6-13-16(9-12)25-19-17(18(13)24)15(22)7-8-23(19)10-11-3-1-2-4-14(11)21/h1-6,9,15,17,19H,7-8,10H2. The third kappa shape index (κ3) is 3.33. The zero-order valence-corrected chi connectivity index (χ0v) is 16.4. The Balaban J connectivity index is 1.68. The maximum absolute atomic E-state index is 13.0. The second-order valence-electron chi connectivity index (χ2n) is 6.41. The van der Waals surface area contributed by atoms with Crippen molar-refractivity contribution >= 4 is 52.3 Å². The van der Waals surface area contributed by atoms with Gasteiger partial charge in [-0.1, -0.05) is 41.4 Å². The van der Waals surface area contributed by atoms with Gasteiger partial charge in [-0.2, -0.15) is 0 Å². The molecular weight excluding hydrogens is 397 g/mol. The fourth-order valence-corrected chi connectivity index (χ4v) is 5.97. The van der Waals surface area contributed by atoms with E-state index in [4.69, 9.17) is 34.8 Å². The van der Waals surface area contributed by atoms with Crippen molar-refractivity contribution in [3.05, 3.63) is 63.6 Å². The molecule has 0 N–H and O–H groups in total. The number of likely N-dealkylation sites (tertiary alicyclic amines) is 1. The second-order valence-corrected chi connectivity index (χ2v) is 8.97. The van der Waals surface area contributed by atoms with Crippen LogP contribution in [0.5, 0.6) is 0 Å². The number of rotatable bonds is 2. The molecule has 0 saturated carbocycles. The minimum atomic E-state index is -0.212. The molecule has 0 aromatic heterocycles. The van der Waals surface area contributed by atoms with Gasteiger partial charge in [0.25, 0.3) is 0 Å². The van der Waals surface area contributed by atoms with Crippen LogP contribution in [-0.2, 0) is 6.54 Å². The van der Waals surface area contributed by atoms with Crippen LogP contribution in [0.3, 0.4) is 0 Å². The first-order valence-electron chi connectivity index (χ1n) is 8.16. The van der Waals surface area contributed by atoms with Gasteiger partial charge in [0.05, 0.1) is 11.3 Å². The fourth-order valence-electron chi connectivity index (χ4n) is 3.56. The van der Waals surface area contributed by atoms with Crippen molar-refractivity contribution in [1.82, 2.24) is 4.90 Å². The first-order valence-corrected chi connectivity index (χ1v) is 10.2. The summed E-state index contributed by atoms with van der Waals surface area (Å²) < 4.78 is 0. The summed E-state index contributed by atoms with van der Waals surface area (Å²) in [6.07, 6.45) is 0.794. The average molecular weight is 413 g/mol. The van der Waals surface area contributed by atoms with Crippen LogP contribution < -0.4 is 0 Å². The number of thioether (sulfide) groups is 1. The SMILES string of the molecule is O=C1c2ccc(Cl)cc2SC2C1C(Cl)CCN2Cc1ccccc1Cl. The maximum atomic E-state index is 13.0. The first-order chi connectivity index (χ1) is 12.0. The maximum Gasteiger partial charge on any atom is 0.170 e. The molecule has 1 fully saturated rings. The summed E-state index contributed by atoms with van der Waals surface area (Å²) in [5.41, 5.74) is 1.81.